The predicted octanol–water partition coefficient (Wildman–Crippen LogP) is 3.13. The molecule has 2 heterocycles. The van der Waals surface area contributed by atoms with Crippen molar-refractivity contribution in [3.05, 3.63) is 66.3 Å². The number of carbonyl (C=O) groups is 1. The number of para-hydroxylation sites is 4. The molecular weight excluding hydrogens is 294 g/mol. The highest BCUT2D eigenvalue weighted by molar-refractivity contribution is 5.89. The lowest BCUT2D eigenvalue weighted by atomic mass is 10.3. The number of oxazole rings is 1. The van der Waals surface area contributed by atoms with Gasteiger partial charge in [0.1, 0.15) is 5.52 Å². The van der Waals surface area contributed by atoms with E-state index in [9.17, 15) is 4.79 Å². The van der Waals surface area contributed by atoms with Gasteiger partial charge in [0.15, 0.2) is 17.9 Å². The molecule has 6 heteroatoms. The zero-order chi connectivity index (χ0) is 15.6. The second kappa shape index (κ2) is 5.49. The molecular formula is C17H11N3O3. The van der Waals surface area contributed by atoms with Gasteiger partial charge >= 0.3 is 5.97 Å². The van der Waals surface area contributed by atoms with Gasteiger partial charge in [-0.25, -0.2) is 14.8 Å². The lowest BCUT2D eigenvalue weighted by Gasteiger charge is -2.02. The Kier molecular flexibility index (Phi) is 3.20. The Hall–Kier alpha value is -3.28. The van der Waals surface area contributed by atoms with Crippen LogP contribution in [0.1, 0.15) is 16.4 Å². The maximum atomic E-state index is 12.1. The average Bonchev–Trinajstić information content (AvgIpc) is 3.02. The molecule has 0 aliphatic carbocycles. The molecule has 0 amide bonds. The Balaban J connectivity index is 1.52. The van der Waals surface area contributed by atoms with E-state index >= 15 is 0 Å². The number of esters is 1. The van der Waals surface area contributed by atoms with Crippen molar-refractivity contribution in [3.8, 4) is 0 Å². The van der Waals surface area contributed by atoms with E-state index in [1.165, 1.54) is 6.20 Å². The molecule has 2 aromatic carbocycles. The molecule has 4 rings (SSSR count). The highest BCUT2D eigenvalue weighted by Gasteiger charge is 2.13. The Morgan fingerprint density at radius 1 is 0.957 bits per heavy atom. The van der Waals surface area contributed by atoms with Gasteiger partial charge in [0.25, 0.3) is 0 Å². The summed E-state index contributed by atoms with van der Waals surface area (Å²) in [5.74, 6) is -0.223. The standard InChI is InChI=1S/C17H11N3O3/c21-17(14-9-18-11-5-1-2-6-12(11)19-14)22-10-16-20-13-7-3-4-8-15(13)23-16/h1-9H,10H2. The summed E-state index contributed by atoms with van der Waals surface area (Å²) in [6.07, 6.45) is 1.40. The van der Waals surface area contributed by atoms with Crippen LogP contribution in [0.25, 0.3) is 22.1 Å². The lowest BCUT2D eigenvalue weighted by Crippen LogP contribution is -2.08. The first-order valence-electron chi connectivity index (χ1n) is 7.03. The van der Waals surface area contributed by atoms with Crippen molar-refractivity contribution in [2.45, 2.75) is 6.61 Å². The van der Waals surface area contributed by atoms with Crippen LogP contribution in [-0.4, -0.2) is 20.9 Å². The Bertz CT molecular complexity index is 977. The Morgan fingerprint density at radius 2 is 1.70 bits per heavy atom. The van der Waals surface area contributed by atoms with E-state index in [1.54, 1.807) is 6.07 Å². The van der Waals surface area contributed by atoms with Crippen LogP contribution in [0.4, 0.5) is 0 Å². The van der Waals surface area contributed by atoms with E-state index in [4.69, 9.17) is 9.15 Å². The molecule has 23 heavy (non-hydrogen) atoms. The summed E-state index contributed by atoms with van der Waals surface area (Å²) in [7, 11) is 0. The molecule has 0 fully saturated rings. The van der Waals surface area contributed by atoms with Gasteiger partial charge in [0.2, 0.25) is 5.89 Å². The number of carbonyl (C=O) groups excluding carboxylic acids is 1. The molecule has 4 aromatic rings. The highest BCUT2D eigenvalue weighted by atomic mass is 16.5. The Labute approximate surface area is 130 Å². The van der Waals surface area contributed by atoms with Gasteiger partial charge in [-0.05, 0) is 24.3 Å². The summed E-state index contributed by atoms with van der Waals surface area (Å²) in [5.41, 5.74) is 2.90. The van der Waals surface area contributed by atoms with Crippen molar-refractivity contribution in [1.29, 1.82) is 0 Å². The van der Waals surface area contributed by atoms with Crippen molar-refractivity contribution >= 4 is 28.1 Å². The van der Waals surface area contributed by atoms with Gasteiger partial charge in [-0.15, -0.1) is 0 Å². The molecule has 0 unspecified atom stereocenters. The van der Waals surface area contributed by atoms with Crippen molar-refractivity contribution in [3.63, 3.8) is 0 Å². The number of aromatic nitrogens is 3. The fourth-order valence-electron chi connectivity index (χ4n) is 2.24. The third-order valence-electron chi connectivity index (χ3n) is 3.32. The van der Waals surface area contributed by atoms with Gasteiger partial charge < -0.3 is 9.15 Å². The summed E-state index contributed by atoms with van der Waals surface area (Å²) in [5, 5.41) is 0. The minimum Gasteiger partial charge on any atom is -0.451 e. The second-order valence-corrected chi connectivity index (χ2v) is 4.90. The van der Waals surface area contributed by atoms with Gasteiger partial charge in [-0.2, -0.15) is 0 Å². The lowest BCUT2D eigenvalue weighted by molar-refractivity contribution is 0.0433. The smallest absolute Gasteiger partial charge is 0.359 e. The number of benzene rings is 2. The first-order chi connectivity index (χ1) is 11.3. The molecule has 112 valence electrons. The van der Waals surface area contributed by atoms with Gasteiger partial charge in [0.05, 0.1) is 17.2 Å². The van der Waals surface area contributed by atoms with Crippen LogP contribution in [0.2, 0.25) is 0 Å². The Morgan fingerprint density at radius 3 is 2.52 bits per heavy atom. The second-order valence-electron chi connectivity index (χ2n) is 4.90. The maximum absolute atomic E-state index is 12.1. The highest BCUT2D eigenvalue weighted by Crippen LogP contribution is 2.16. The number of rotatable bonds is 3. The zero-order valence-corrected chi connectivity index (χ0v) is 12.0. The molecule has 0 radical (unpaired) electrons. The van der Waals surface area contributed by atoms with Crippen LogP contribution in [0, 0.1) is 0 Å². The van der Waals surface area contributed by atoms with Crippen LogP contribution in [0.3, 0.4) is 0 Å². The molecule has 0 aliphatic heterocycles. The van der Waals surface area contributed by atoms with E-state index in [0.29, 0.717) is 17.0 Å². The fraction of sp³-hybridized carbons (Fsp3) is 0.0588. The SMILES string of the molecule is O=C(OCc1nc2ccccc2o1)c1cnc2ccccc2n1. The summed E-state index contributed by atoms with van der Waals surface area (Å²) < 4.78 is 10.7. The summed E-state index contributed by atoms with van der Waals surface area (Å²) in [4.78, 5) is 24.8. The average molecular weight is 305 g/mol. The zero-order valence-electron chi connectivity index (χ0n) is 12.0. The summed E-state index contributed by atoms with van der Waals surface area (Å²) in [6.45, 7) is -0.0536. The molecule has 0 aliphatic rings. The third-order valence-corrected chi connectivity index (χ3v) is 3.32. The summed E-state index contributed by atoms with van der Waals surface area (Å²) >= 11 is 0. The van der Waals surface area contributed by atoms with Crippen LogP contribution < -0.4 is 0 Å². The van der Waals surface area contributed by atoms with Gasteiger partial charge in [-0.3, -0.25) is 4.98 Å². The minimum atomic E-state index is -0.564. The number of nitrogens with zero attached hydrogens (tertiary/aromatic N) is 3. The molecule has 0 saturated heterocycles. The molecule has 6 nitrogen and oxygen atoms in total. The van der Waals surface area contributed by atoms with Gasteiger partial charge in [0, 0.05) is 0 Å². The molecule has 0 saturated carbocycles. The quantitative estimate of drug-likeness (QED) is 0.541. The van der Waals surface area contributed by atoms with E-state index in [1.807, 2.05) is 42.5 Å². The molecule has 0 bridgehead atoms. The molecule has 0 N–H and O–H groups in total. The number of hydrogen-bond acceptors (Lipinski definition) is 6. The largest absolute Gasteiger partial charge is 0.451 e. The first-order valence-corrected chi connectivity index (χ1v) is 7.03. The van der Waals surface area contributed by atoms with Crippen molar-refractivity contribution < 1.29 is 13.9 Å². The van der Waals surface area contributed by atoms with Crippen molar-refractivity contribution in [2.75, 3.05) is 0 Å². The number of hydrogen-bond donors (Lipinski definition) is 0. The maximum Gasteiger partial charge on any atom is 0.359 e. The van der Waals surface area contributed by atoms with Crippen molar-refractivity contribution in [2.24, 2.45) is 0 Å². The van der Waals surface area contributed by atoms with Gasteiger partial charge in [-0.1, -0.05) is 24.3 Å². The summed E-state index contributed by atoms with van der Waals surface area (Å²) in [6, 6.07) is 14.7. The number of fused-ring (bicyclic) bond motifs is 2. The monoisotopic (exact) mass is 305 g/mol. The van der Waals surface area contributed by atoms with Crippen LogP contribution >= 0.6 is 0 Å². The molecule has 0 atom stereocenters. The number of ether oxygens (including phenoxy) is 1. The third kappa shape index (κ3) is 2.62. The molecule has 2 aromatic heterocycles. The predicted molar refractivity (Wildman–Crippen MR) is 82.7 cm³/mol. The van der Waals surface area contributed by atoms with E-state index in [0.717, 1.165) is 11.0 Å². The van der Waals surface area contributed by atoms with Crippen LogP contribution in [0.5, 0.6) is 0 Å². The van der Waals surface area contributed by atoms with Crippen molar-refractivity contribution in [1.82, 2.24) is 15.0 Å². The van der Waals surface area contributed by atoms with Crippen LogP contribution in [-0.2, 0) is 11.3 Å². The van der Waals surface area contributed by atoms with E-state index in [-0.39, 0.29) is 12.3 Å². The normalized spacial score (nSPS) is 11.0. The molecule has 0 spiro atoms. The van der Waals surface area contributed by atoms with Crippen LogP contribution in [0.15, 0.2) is 59.1 Å². The first kappa shape index (κ1) is 13.4. The van der Waals surface area contributed by atoms with E-state index < -0.39 is 5.97 Å². The topological polar surface area (TPSA) is 78.1 Å². The minimum absolute atomic E-state index is 0.0536. The van der Waals surface area contributed by atoms with E-state index in [2.05, 4.69) is 15.0 Å². The fourth-order valence-corrected chi connectivity index (χ4v) is 2.24.